The van der Waals surface area contributed by atoms with Crippen LogP contribution in [-0.2, 0) is 4.79 Å². The van der Waals surface area contributed by atoms with Crippen molar-refractivity contribution in [1.29, 1.82) is 0 Å². The lowest BCUT2D eigenvalue weighted by Crippen LogP contribution is -1.97. The summed E-state index contributed by atoms with van der Waals surface area (Å²) < 4.78 is 0.977. The first kappa shape index (κ1) is 11.4. The molecule has 0 aromatic carbocycles. The monoisotopic (exact) mass is 268 g/mol. The number of rotatable bonds is 7. The molecule has 0 spiro atoms. The predicted molar refractivity (Wildman–Crippen MR) is 57.3 cm³/mol. The second kappa shape index (κ2) is 8.50. The van der Waals surface area contributed by atoms with E-state index in [-0.39, 0.29) is 0 Å². The van der Waals surface area contributed by atoms with Crippen molar-refractivity contribution in [2.24, 2.45) is 0 Å². The molecule has 0 aliphatic rings. The topological polar surface area (TPSA) is 17.1 Å². The number of hydrogen-bond donors (Lipinski definition) is 0. The molecule has 0 aromatic rings. The lowest BCUT2D eigenvalue weighted by molar-refractivity contribution is -0.118. The summed E-state index contributed by atoms with van der Waals surface area (Å²) in [6.45, 7) is 2.19. The van der Waals surface area contributed by atoms with Crippen molar-refractivity contribution in [2.45, 2.75) is 45.4 Å². The lowest BCUT2D eigenvalue weighted by Gasteiger charge is -1.97. The number of carbonyl (C=O) groups is 1. The largest absolute Gasteiger partial charge is 0.300 e. The van der Waals surface area contributed by atoms with Gasteiger partial charge < -0.3 is 0 Å². The highest BCUT2D eigenvalue weighted by Crippen LogP contribution is 2.04. The van der Waals surface area contributed by atoms with Gasteiger partial charge in [0.25, 0.3) is 0 Å². The Balaban J connectivity index is 3.04. The minimum Gasteiger partial charge on any atom is -0.300 e. The Kier molecular flexibility index (Phi) is 8.81. The van der Waals surface area contributed by atoms with Crippen LogP contribution in [0, 0.1) is 0 Å². The quantitative estimate of drug-likeness (QED) is 0.393. The van der Waals surface area contributed by atoms with Crippen LogP contribution in [0.15, 0.2) is 0 Å². The van der Waals surface area contributed by atoms with E-state index in [1.54, 1.807) is 0 Å². The van der Waals surface area contributed by atoms with Crippen molar-refractivity contribution in [3.05, 3.63) is 0 Å². The van der Waals surface area contributed by atoms with Crippen molar-refractivity contribution in [2.75, 3.05) is 4.43 Å². The lowest BCUT2D eigenvalue weighted by atomic mass is 10.1. The number of carbonyl (C=O) groups excluding carboxylic acids is 1. The van der Waals surface area contributed by atoms with Gasteiger partial charge in [-0.3, -0.25) is 4.79 Å². The molecule has 0 saturated carbocycles. The smallest absolute Gasteiger partial charge is 0.133 e. The SMILES string of the molecule is CCCCCCC(=O)CCI. The molecule has 0 aliphatic carbocycles. The third kappa shape index (κ3) is 8.30. The average Bonchev–Trinajstić information content (AvgIpc) is 1.99. The predicted octanol–water partition coefficient (Wildman–Crippen LogP) is 3.35. The molecule has 1 nitrogen and oxygen atoms in total. The van der Waals surface area contributed by atoms with Crippen LogP contribution in [0.5, 0.6) is 0 Å². The van der Waals surface area contributed by atoms with Gasteiger partial charge in [0.05, 0.1) is 0 Å². The Morgan fingerprint density at radius 3 is 2.45 bits per heavy atom. The molecule has 0 N–H and O–H groups in total. The van der Waals surface area contributed by atoms with E-state index in [0.29, 0.717) is 5.78 Å². The third-order valence-electron chi connectivity index (χ3n) is 1.68. The number of alkyl halides is 1. The van der Waals surface area contributed by atoms with E-state index < -0.39 is 0 Å². The zero-order chi connectivity index (χ0) is 8.53. The van der Waals surface area contributed by atoms with Gasteiger partial charge in [0.1, 0.15) is 5.78 Å². The summed E-state index contributed by atoms with van der Waals surface area (Å²) in [4.78, 5) is 11.0. The number of ketones is 1. The van der Waals surface area contributed by atoms with Crippen molar-refractivity contribution >= 4 is 28.4 Å². The van der Waals surface area contributed by atoms with Crippen LogP contribution in [-0.4, -0.2) is 10.2 Å². The molecular formula is C9H17IO. The second-order valence-electron chi connectivity index (χ2n) is 2.79. The summed E-state index contributed by atoms with van der Waals surface area (Å²) in [5.41, 5.74) is 0. The molecule has 0 amide bonds. The van der Waals surface area contributed by atoms with Crippen molar-refractivity contribution < 1.29 is 4.79 Å². The van der Waals surface area contributed by atoms with Crippen LogP contribution in [0.4, 0.5) is 0 Å². The van der Waals surface area contributed by atoms with Crippen LogP contribution >= 0.6 is 22.6 Å². The molecule has 0 atom stereocenters. The molecule has 11 heavy (non-hydrogen) atoms. The summed E-state index contributed by atoms with van der Waals surface area (Å²) in [6.07, 6.45) is 6.43. The van der Waals surface area contributed by atoms with Crippen LogP contribution in [0.3, 0.4) is 0 Å². The fourth-order valence-corrected chi connectivity index (χ4v) is 1.58. The highest BCUT2D eigenvalue weighted by molar-refractivity contribution is 14.1. The summed E-state index contributed by atoms with van der Waals surface area (Å²) in [5.74, 6) is 0.440. The van der Waals surface area contributed by atoms with Gasteiger partial charge in [-0.2, -0.15) is 0 Å². The summed E-state index contributed by atoms with van der Waals surface area (Å²) in [6, 6.07) is 0. The highest BCUT2D eigenvalue weighted by atomic mass is 127. The molecule has 0 rings (SSSR count). The van der Waals surface area contributed by atoms with Crippen molar-refractivity contribution in [1.82, 2.24) is 0 Å². The Labute approximate surface area is 83.1 Å². The number of halogens is 1. The summed E-state index contributed by atoms with van der Waals surface area (Å²) in [7, 11) is 0. The van der Waals surface area contributed by atoms with Gasteiger partial charge in [0.15, 0.2) is 0 Å². The Morgan fingerprint density at radius 1 is 1.18 bits per heavy atom. The van der Waals surface area contributed by atoms with E-state index in [2.05, 4.69) is 29.5 Å². The maximum Gasteiger partial charge on any atom is 0.133 e. The zero-order valence-electron chi connectivity index (χ0n) is 7.24. The van der Waals surface area contributed by atoms with E-state index in [1.807, 2.05) is 0 Å². The van der Waals surface area contributed by atoms with Gasteiger partial charge >= 0.3 is 0 Å². The van der Waals surface area contributed by atoms with Gasteiger partial charge in [-0.25, -0.2) is 0 Å². The van der Waals surface area contributed by atoms with Crippen LogP contribution in [0.25, 0.3) is 0 Å². The van der Waals surface area contributed by atoms with E-state index in [0.717, 1.165) is 23.7 Å². The third-order valence-corrected chi connectivity index (χ3v) is 2.22. The van der Waals surface area contributed by atoms with E-state index in [4.69, 9.17) is 0 Å². The average molecular weight is 268 g/mol. The normalized spacial score (nSPS) is 10.0. The minimum atomic E-state index is 0.440. The molecule has 0 aliphatic heterocycles. The van der Waals surface area contributed by atoms with E-state index in [9.17, 15) is 4.79 Å². The molecular weight excluding hydrogens is 251 g/mol. The van der Waals surface area contributed by atoms with Crippen molar-refractivity contribution in [3.8, 4) is 0 Å². The van der Waals surface area contributed by atoms with Crippen molar-refractivity contribution in [3.63, 3.8) is 0 Å². The Morgan fingerprint density at radius 2 is 1.91 bits per heavy atom. The molecule has 0 fully saturated rings. The molecule has 0 aromatic heterocycles. The fraction of sp³-hybridized carbons (Fsp3) is 0.889. The highest BCUT2D eigenvalue weighted by Gasteiger charge is 1.98. The van der Waals surface area contributed by atoms with E-state index >= 15 is 0 Å². The first-order chi connectivity index (χ1) is 5.31. The number of unbranched alkanes of at least 4 members (excludes halogenated alkanes) is 3. The molecule has 2 heteroatoms. The maximum atomic E-state index is 11.0. The van der Waals surface area contributed by atoms with E-state index in [1.165, 1.54) is 19.3 Å². The van der Waals surface area contributed by atoms with Crippen LogP contribution < -0.4 is 0 Å². The van der Waals surface area contributed by atoms with Gasteiger partial charge in [0.2, 0.25) is 0 Å². The maximum absolute atomic E-state index is 11.0. The molecule has 0 saturated heterocycles. The standard InChI is InChI=1S/C9H17IO/c1-2-3-4-5-6-9(11)7-8-10/h2-8H2,1H3. The molecule has 0 heterocycles. The van der Waals surface area contributed by atoms with Gasteiger partial charge in [-0.05, 0) is 6.42 Å². The fourth-order valence-electron chi connectivity index (χ4n) is 0.979. The first-order valence-corrected chi connectivity index (χ1v) is 5.91. The number of hydrogen-bond acceptors (Lipinski definition) is 1. The van der Waals surface area contributed by atoms with Crippen LogP contribution in [0.1, 0.15) is 45.4 Å². The van der Waals surface area contributed by atoms with Gasteiger partial charge in [0, 0.05) is 17.3 Å². The minimum absolute atomic E-state index is 0.440. The molecule has 66 valence electrons. The van der Waals surface area contributed by atoms with Gasteiger partial charge in [-0.15, -0.1) is 0 Å². The molecule has 0 unspecified atom stereocenters. The zero-order valence-corrected chi connectivity index (χ0v) is 9.39. The Hall–Kier alpha value is 0.400. The first-order valence-electron chi connectivity index (χ1n) is 4.39. The second-order valence-corrected chi connectivity index (χ2v) is 3.87. The molecule has 0 bridgehead atoms. The van der Waals surface area contributed by atoms with Gasteiger partial charge in [-0.1, -0.05) is 48.8 Å². The number of Topliss-reactive ketones (excluding diaryl/α,β-unsaturated/α-hetero) is 1. The summed E-state index contributed by atoms with van der Waals surface area (Å²) in [5, 5.41) is 0. The van der Waals surface area contributed by atoms with Crippen LogP contribution in [0.2, 0.25) is 0 Å². The molecule has 0 radical (unpaired) electrons. The Bertz CT molecular complexity index is 102. The summed E-state index contributed by atoms with van der Waals surface area (Å²) >= 11 is 2.25.